The first kappa shape index (κ1) is 16.8. The van der Waals surface area contributed by atoms with Gasteiger partial charge in [0.05, 0.1) is 18.1 Å². The number of alkyl halides is 3. The van der Waals surface area contributed by atoms with Crippen LogP contribution in [-0.4, -0.2) is 34.4 Å². The van der Waals surface area contributed by atoms with Crippen molar-refractivity contribution in [3.05, 3.63) is 29.8 Å². The van der Waals surface area contributed by atoms with Gasteiger partial charge in [0.2, 0.25) is 10.0 Å². The second-order valence-corrected chi connectivity index (χ2v) is 6.51. The molecule has 0 saturated heterocycles. The van der Waals surface area contributed by atoms with Gasteiger partial charge in [0.1, 0.15) is 6.54 Å². The van der Waals surface area contributed by atoms with Crippen molar-refractivity contribution in [2.75, 3.05) is 25.5 Å². The summed E-state index contributed by atoms with van der Waals surface area (Å²) in [6, 6.07) is 3.89. The second kappa shape index (κ2) is 6.27. The first-order chi connectivity index (χ1) is 10.2. The molecule has 9 heteroatoms. The van der Waals surface area contributed by atoms with Gasteiger partial charge in [-0.05, 0) is 24.1 Å². The lowest BCUT2D eigenvalue weighted by Crippen LogP contribution is -2.33. The number of benzene rings is 1. The summed E-state index contributed by atoms with van der Waals surface area (Å²) in [7, 11) is -4.26. The molecule has 1 heterocycles. The molecular weight excluding hydrogens is 321 g/mol. The number of rotatable bonds is 4. The van der Waals surface area contributed by atoms with Gasteiger partial charge in [-0.25, -0.2) is 13.1 Å². The summed E-state index contributed by atoms with van der Waals surface area (Å²) < 4.78 is 66.7. The molecule has 0 atom stereocenters. The van der Waals surface area contributed by atoms with Crippen molar-refractivity contribution in [1.29, 1.82) is 0 Å². The average Bonchev–Trinajstić information content (AvgIpc) is 2.45. The Morgan fingerprint density at radius 3 is 2.59 bits per heavy atom. The summed E-state index contributed by atoms with van der Waals surface area (Å²) in [6.07, 6.45) is -2.14. The molecule has 5 nitrogen and oxygen atoms in total. The molecule has 122 valence electrons. The lowest BCUT2D eigenvalue weighted by molar-refractivity contribution is -0.121. The third-order valence-corrected chi connectivity index (χ3v) is 4.50. The van der Waals surface area contributed by atoms with Crippen LogP contribution in [0.25, 0.3) is 5.57 Å². The molecule has 0 saturated carbocycles. The van der Waals surface area contributed by atoms with Gasteiger partial charge < -0.3 is 10.5 Å². The van der Waals surface area contributed by atoms with Crippen LogP contribution in [0.15, 0.2) is 29.2 Å². The van der Waals surface area contributed by atoms with Gasteiger partial charge in [-0.1, -0.05) is 12.1 Å². The molecule has 0 bridgehead atoms. The number of hydrogen-bond donors (Lipinski definition) is 2. The zero-order valence-electron chi connectivity index (χ0n) is 11.5. The smallest absolute Gasteiger partial charge is 0.398 e. The van der Waals surface area contributed by atoms with Crippen LogP contribution in [0.5, 0.6) is 0 Å². The van der Waals surface area contributed by atoms with Gasteiger partial charge in [0.25, 0.3) is 0 Å². The minimum atomic E-state index is -4.62. The Balaban J connectivity index is 2.23. The summed E-state index contributed by atoms with van der Waals surface area (Å²) in [6.45, 7) is -0.639. The van der Waals surface area contributed by atoms with Gasteiger partial charge in [0, 0.05) is 11.3 Å². The highest BCUT2D eigenvalue weighted by atomic mass is 32.2. The van der Waals surface area contributed by atoms with E-state index in [0.29, 0.717) is 25.2 Å². The first-order valence-corrected chi connectivity index (χ1v) is 7.90. The van der Waals surface area contributed by atoms with Crippen molar-refractivity contribution in [3.63, 3.8) is 0 Å². The third-order valence-electron chi connectivity index (χ3n) is 3.11. The summed E-state index contributed by atoms with van der Waals surface area (Å²) in [4.78, 5) is -0.300. The highest BCUT2D eigenvalue weighted by Gasteiger charge is 2.30. The van der Waals surface area contributed by atoms with Crippen LogP contribution < -0.4 is 10.5 Å². The normalized spacial score (nSPS) is 16.4. The molecule has 0 aromatic heterocycles. The van der Waals surface area contributed by atoms with Gasteiger partial charge >= 0.3 is 6.18 Å². The molecule has 0 unspecified atom stereocenters. The maximum absolute atomic E-state index is 12.1. The maximum atomic E-state index is 12.1. The number of nitrogens with one attached hydrogen (secondary N) is 1. The van der Waals surface area contributed by atoms with Crippen LogP contribution in [0.2, 0.25) is 0 Å². The van der Waals surface area contributed by atoms with E-state index < -0.39 is 22.7 Å². The van der Waals surface area contributed by atoms with Crippen molar-refractivity contribution < 1.29 is 26.3 Å². The van der Waals surface area contributed by atoms with E-state index in [9.17, 15) is 21.6 Å². The predicted octanol–water partition coefficient (Wildman–Crippen LogP) is 1.91. The van der Waals surface area contributed by atoms with Gasteiger partial charge in [-0.2, -0.15) is 13.2 Å². The topological polar surface area (TPSA) is 81.4 Å². The number of anilines is 1. The number of nitrogens with two attached hydrogens (primary N) is 1. The zero-order valence-corrected chi connectivity index (χ0v) is 12.3. The predicted molar refractivity (Wildman–Crippen MR) is 75.5 cm³/mol. The number of nitrogen functional groups attached to an aromatic ring is 1. The van der Waals surface area contributed by atoms with Crippen LogP contribution in [0.3, 0.4) is 0 Å². The van der Waals surface area contributed by atoms with Crippen molar-refractivity contribution >= 4 is 21.3 Å². The molecule has 0 aliphatic carbocycles. The lowest BCUT2D eigenvalue weighted by Gasteiger charge is -2.16. The summed E-state index contributed by atoms with van der Waals surface area (Å²) in [5.41, 5.74) is 7.62. The number of ether oxygens (including phenoxy) is 1. The van der Waals surface area contributed by atoms with E-state index in [2.05, 4.69) is 0 Å². The van der Waals surface area contributed by atoms with E-state index in [1.807, 2.05) is 6.08 Å². The number of hydrogen-bond acceptors (Lipinski definition) is 4. The third kappa shape index (κ3) is 4.21. The van der Waals surface area contributed by atoms with Crippen LogP contribution in [0, 0.1) is 0 Å². The number of halogens is 3. The van der Waals surface area contributed by atoms with E-state index >= 15 is 0 Å². The molecule has 3 N–H and O–H groups in total. The minimum Gasteiger partial charge on any atom is -0.398 e. The van der Waals surface area contributed by atoms with Gasteiger partial charge in [-0.3, -0.25) is 0 Å². The molecule has 0 spiro atoms. The molecule has 1 aliphatic rings. The molecule has 2 rings (SSSR count). The molecule has 0 amide bonds. The van der Waals surface area contributed by atoms with Crippen molar-refractivity contribution in [2.45, 2.75) is 17.5 Å². The standard InChI is InChI=1S/C13H15F3N2O3S/c14-13(15,16)8-18-22(19,20)10-1-2-11(12(17)7-10)9-3-5-21-6-4-9/h1-3,7,18H,4-6,8,17H2. The van der Waals surface area contributed by atoms with Crippen molar-refractivity contribution in [1.82, 2.24) is 4.72 Å². The highest BCUT2D eigenvalue weighted by molar-refractivity contribution is 7.89. The summed E-state index contributed by atoms with van der Waals surface area (Å²) in [5, 5.41) is 0. The Bertz CT molecular complexity index is 684. The Hall–Kier alpha value is -1.58. The van der Waals surface area contributed by atoms with Gasteiger partial charge in [-0.15, -0.1) is 0 Å². The zero-order chi connectivity index (χ0) is 16.4. The Morgan fingerprint density at radius 2 is 2.05 bits per heavy atom. The fourth-order valence-electron chi connectivity index (χ4n) is 2.03. The first-order valence-electron chi connectivity index (χ1n) is 6.42. The fourth-order valence-corrected chi connectivity index (χ4v) is 3.08. The van der Waals surface area contributed by atoms with E-state index in [0.717, 1.165) is 11.6 Å². The number of sulfonamides is 1. The van der Waals surface area contributed by atoms with Crippen LogP contribution in [0.4, 0.5) is 18.9 Å². The SMILES string of the molecule is Nc1cc(S(=O)(=O)NCC(F)(F)F)ccc1C1=CCOCC1. The largest absolute Gasteiger partial charge is 0.402 e. The molecule has 1 aromatic rings. The Labute approximate surface area is 126 Å². The molecule has 0 fully saturated rings. The quantitative estimate of drug-likeness (QED) is 0.823. The van der Waals surface area contributed by atoms with E-state index in [-0.39, 0.29) is 10.6 Å². The Morgan fingerprint density at radius 1 is 1.32 bits per heavy atom. The summed E-state index contributed by atoms with van der Waals surface area (Å²) in [5.74, 6) is 0. The van der Waals surface area contributed by atoms with Crippen molar-refractivity contribution in [2.24, 2.45) is 0 Å². The Kier molecular flexibility index (Phi) is 4.78. The fraction of sp³-hybridized carbons (Fsp3) is 0.385. The van der Waals surface area contributed by atoms with Gasteiger partial charge in [0.15, 0.2) is 0 Å². The minimum absolute atomic E-state index is 0.197. The summed E-state index contributed by atoms with van der Waals surface area (Å²) >= 11 is 0. The molecule has 0 radical (unpaired) electrons. The monoisotopic (exact) mass is 336 g/mol. The van der Waals surface area contributed by atoms with E-state index in [1.165, 1.54) is 16.9 Å². The highest BCUT2D eigenvalue weighted by Crippen LogP contribution is 2.28. The molecule has 1 aromatic carbocycles. The van der Waals surface area contributed by atoms with Crippen LogP contribution >= 0.6 is 0 Å². The molecule has 1 aliphatic heterocycles. The van der Waals surface area contributed by atoms with Crippen LogP contribution in [0.1, 0.15) is 12.0 Å². The van der Waals surface area contributed by atoms with E-state index in [1.54, 1.807) is 0 Å². The maximum Gasteiger partial charge on any atom is 0.402 e. The molecule has 22 heavy (non-hydrogen) atoms. The van der Waals surface area contributed by atoms with Crippen molar-refractivity contribution in [3.8, 4) is 0 Å². The average molecular weight is 336 g/mol. The van der Waals surface area contributed by atoms with Crippen LogP contribution in [-0.2, 0) is 14.8 Å². The lowest BCUT2D eigenvalue weighted by atomic mass is 10.00. The second-order valence-electron chi connectivity index (χ2n) is 4.74. The molecular formula is C13H15F3N2O3S. The van der Waals surface area contributed by atoms with E-state index in [4.69, 9.17) is 10.5 Å².